The molecule has 0 radical (unpaired) electrons. The lowest BCUT2D eigenvalue weighted by atomic mass is 9.84. The summed E-state index contributed by atoms with van der Waals surface area (Å²) >= 11 is 0. The molecule has 1 aliphatic carbocycles. The molecule has 1 saturated carbocycles. The fourth-order valence-electron chi connectivity index (χ4n) is 7.23. The van der Waals surface area contributed by atoms with Gasteiger partial charge in [0.05, 0.1) is 30.4 Å². The number of halogens is 3. The van der Waals surface area contributed by atoms with Crippen molar-refractivity contribution in [2.75, 3.05) is 32.1 Å². The van der Waals surface area contributed by atoms with Crippen LogP contribution in [0.5, 0.6) is 12.0 Å². The molecule has 0 bridgehead atoms. The van der Waals surface area contributed by atoms with Crippen molar-refractivity contribution < 1.29 is 44.8 Å². The minimum absolute atomic E-state index is 0.0807. The van der Waals surface area contributed by atoms with Crippen molar-refractivity contribution in [2.24, 2.45) is 22.1 Å². The summed E-state index contributed by atoms with van der Waals surface area (Å²) in [6.07, 6.45) is 0.946. The van der Waals surface area contributed by atoms with Gasteiger partial charge in [0.25, 0.3) is 11.1 Å². The number of aromatic amines is 2. The lowest BCUT2D eigenvalue weighted by Crippen LogP contribution is -2.41. The lowest BCUT2D eigenvalue weighted by molar-refractivity contribution is -0.135. The number of ether oxygens (including phenoxy) is 1. The number of sulfonamides is 1. The van der Waals surface area contributed by atoms with E-state index >= 15 is 0 Å². The second-order valence-corrected chi connectivity index (χ2v) is 17.0. The molecule has 2 saturated heterocycles. The van der Waals surface area contributed by atoms with Gasteiger partial charge in [0.1, 0.15) is 10.8 Å². The topological polar surface area (TPSA) is 242 Å². The molecule has 18 nitrogen and oxygen atoms in total. The Morgan fingerprint density at radius 2 is 1.33 bits per heavy atom. The van der Waals surface area contributed by atoms with Crippen molar-refractivity contribution in [3.63, 3.8) is 0 Å². The third kappa shape index (κ3) is 12.0. The fourth-order valence-corrected chi connectivity index (χ4v) is 9.11. The van der Waals surface area contributed by atoms with E-state index in [1.807, 2.05) is 6.92 Å². The Morgan fingerprint density at radius 3 is 1.87 bits per heavy atom. The van der Waals surface area contributed by atoms with Crippen LogP contribution >= 0.6 is 0 Å². The van der Waals surface area contributed by atoms with Crippen LogP contribution in [0, 0.1) is 11.8 Å². The van der Waals surface area contributed by atoms with E-state index in [0.717, 1.165) is 37.5 Å². The number of aromatic nitrogens is 4. The molecular formula is C38H46F3N7O11S. The van der Waals surface area contributed by atoms with Gasteiger partial charge in [-0.1, -0.05) is 37.0 Å². The van der Waals surface area contributed by atoms with Crippen LogP contribution in [-0.2, 0) is 27.6 Å². The molecule has 3 aliphatic rings. The molecule has 0 atom stereocenters. The van der Waals surface area contributed by atoms with Gasteiger partial charge in [-0.25, -0.2) is 22.3 Å². The van der Waals surface area contributed by atoms with E-state index in [-0.39, 0.29) is 64.3 Å². The van der Waals surface area contributed by atoms with E-state index < -0.39 is 45.0 Å². The predicted octanol–water partition coefficient (Wildman–Crippen LogP) is 4.73. The van der Waals surface area contributed by atoms with Gasteiger partial charge in [-0.2, -0.15) is 23.1 Å². The standard InChI is InChI=1S/C22H30N4O6S.C16H16F3N3O5/c1-3-16-12-18(27)31-21-19(16)20(28)23-22(24-21)32-25-17-8-10-26(11-9-17)33(29,30)13-15-6-4-14(2)5-7-15;17-16(18,19)5-1-2-9-8-11(23)26-14-12(9)13(24)20-15(21-14)27-22-10-3-6-25-7-4-10/h12,14-15H,3-11,13H2,1-2H3,(H,23,24,28);8H,1-7H2,(H,20,21,24). The van der Waals surface area contributed by atoms with Crippen LogP contribution in [-0.4, -0.2) is 82.3 Å². The number of aryl methyl sites for hydroxylation is 2. The maximum atomic E-state index is 12.8. The van der Waals surface area contributed by atoms with Gasteiger partial charge >= 0.3 is 29.4 Å². The number of fused-ring (bicyclic) bond motifs is 2. The molecule has 7 rings (SSSR count). The van der Waals surface area contributed by atoms with Crippen LogP contribution in [0.25, 0.3) is 22.2 Å². The summed E-state index contributed by atoms with van der Waals surface area (Å²) in [5, 5.41) is 8.06. The molecular weight excluding hydrogens is 820 g/mol. The Balaban J connectivity index is 0.000000205. The number of rotatable bonds is 11. The van der Waals surface area contributed by atoms with Crippen LogP contribution in [0.2, 0.25) is 0 Å². The smallest absolute Gasteiger partial charge is 0.389 e. The summed E-state index contributed by atoms with van der Waals surface area (Å²) in [6, 6.07) is 1.81. The summed E-state index contributed by atoms with van der Waals surface area (Å²) in [7, 11) is -3.30. The summed E-state index contributed by atoms with van der Waals surface area (Å²) in [6.45, 7) is 5.78. The summed E-state index contributed by atoms with van der Waals surface area (Å²) < 4.78 is 79.3. The maximum Gasteiger partial charge on any atom is 0.389 e. The third-order valence-corrected chi connectivity index (χ3v) is 12.5. The Morgan fingerprint density at radius 1 is 0.817 bits per heavy atom. The quantitative estimate of drug-likeness (QED) is 0.194. The number of nitrogens with zero attached hydrogens (tertiary/aromatic N) is 5. The molecule has 22 heteroatoms. The van der Waals surface area contributed by atoms with Gasteiger partial charge in [-0.15, -0.1) is 0 Å². The van der Waals surface area contributed by atoms with Crippen molar-refractivity contribution in [2.45, 2.75) is 97.1 Å². The zero-order valence-corrected chi connectivity index (χ0v) is 33.9. The highest BCUT2D eigenvalue weighted by Crippen LogP contribution is 2.30. The average molecular weight is 866 g/mol. The second kappa shape index (κ2) is 19.4. The molecule has 60 heavy (non-hydrogen) atoms. The SMILES string of the molecule is CCc1cc(=O)oc2nc(ON=C3CCN(S(=O)(=O)CC4CCC(C)CC4)CC3)[nH]c(=O)c12.O=c1cc(CCCC(F)(F)F)c2c(=O)[nH]c(ON=C3CCOCC3)nc2o1. The molecule has 0 aromatic carbocycles. The molecule has 0 spiro atoms. The van der Waals surface area contributed by atoms with Gasteiger partial charge in [-0.05, 0) is 55.1 Å². The average Bonchev–Trinajstić information content (AvgIpc) is 3.19. The van der Waals surface area contributed by atoms with E-state index in [4.69, 9.17) is 23.2 Å². The molecule has 4 aromatic rings. The highest BCUT2D eigenvalue weighted by atomic mass is 32.2. The van der Waals surface area contributed by atoms with Crippen molar-refractivity contribution in [1.82, 2.24) is 24.2 Å². The van der Waals surface area contributed by atoms with Crippen LogP contribution in [0.3, 0.4) is 0 Å². The Hall–Kier alpha value is -5.22. The first-order valence-electron chi connectivity index (χ1n) is 19.8. The monoisotopic (exact) mass is 865 g/mol. The van der Waals surface area contributed by atoms with E-state index in [0.29, 0.717) is 75.6 Å². The van der Waals surface area contributed by atoms with Crippen molar-refractivity contribution in [1.29, 1.82) is 0 Å². The number of H-pyrrole nitrogens is 2. The van der Waals surface area contributed by atoms with Crippen LogP contribution in [0.1, 0.15) is 89.2 Å². The second-order valence-electron chi connectivity index (χ2n) is 15.0. The number of alkyl halides is 3. The van der Waals surface area contributed by atoms with Gasteiger partial charge < -0.3 is 23.2 Å². The highest BCUT2D eigenvalue weighted by molar-refractivity contribution is 7.89. The summed E-state index contributed by atoms with van der Waals surface area (Å²) in [4.78, 5) is 71.3. The first-order chi connectivity index (χ1) is 28.6. The largest absolute Gasteiger partial charge is 0.403 e. The number of hydrogen-bond acceptors (Lipinski definition) is 15. The van der Waals surface area contributed by atoms with E-state index in [1.54, 1.807) is 4.31 Å². The number of piperidine rings is 1. The van der Waals surface area contributed by atoms with Crippen molar-refractivity contribution >= 4 is 43.6 Å². The predicted molar refractivity (Wildman–Crippen MR) is 212 cm³/mol. The van der Waals surface area contributed by atoms with Crippen LogP contribution in [0.15, 0.2) is 50.5 Å². The van der Waals surface area contributed by atoms with Crippen LogP contribution in [0.4, 0.5) is 13.2 Å². The fraction of sp³-hybridized carbons (Fsp3) is 0.579. The number of oxime groups is 2. The normalized spacial score (nSPS) is 19.1. The molecule has 326 valence electrons. The summed E-state index contributed by atoms with van der Waals surface area (Å²) in [5.74, 6) is 1.15. The molecule has 3 fully saturated rings. The van der Waals surface area contributed by atoms with Crippen molar-refractivity contribution in [3.05, 3.63) is 64.8 Å². The summed E-state index contributed by atoms with van der Waals surface area (Å²) in [5.41, 5.74) is -0.889. The first kappa shape index (κ1) is 44.3. The molecule has 0 unspecified atom stereocenters. The Kier molecular flexibility index (Phi) is 14.4. The highest BCUT2D eigenvalue weighted by Gasteiger charge is 2.31. The maximum absolute atomic E-state index is 12.8. The van der Waals surface area contributed by atoms with E-state index in [9.17, 15) is 40.8 Å². The van der Waals surface area contributed by atoms with Crippen molar-refractivity contribution in [3.8, 4) is 12.0 Å². The first-order valence-corrected chi connectivity index (χ1v) is 21.4. The zero-order chi connectivity index (χ0) is 43.0. The zero-order valence-electron chi connectivity index (χ0n) is 33.1. The third-order valence-electron chi connectivity index (χ3n) is 10.5. The Bertz CT molecular complexity index is 2560. The molecule has 4 aromatic heterocycles. The van der Waals surface area contributed by atoms with Gasteiger partial charge in [0.15, 0.2) is 0 Å². The van der Waals surface area contributed by atoms with Gasteiger partial charge in [0.2, 0.25) is 21.5 Å². The minimum atomic E-state index is -4.32. The van der Waals surface area contributed by atoms with Gasteiger partial charge in [0, 0.05) is 57.3 Å². The lowest BCUT2D eigenvalue weighted by Gasteiger charge is -2.30. The Labute approximate surface area is 340 Å². The van der Waals surface area contributed by atoms with Crippen LogP contribution < -0.4 is 32.0 Å². The molecule has 0 amide bonds. The molecule has 2 N–H and O–H groups in total. The number of hydrogen-bond donors (Lipinski definition) is 2. The van der Waals surface area contributed by atoms with Gasteiger partial charge in [-0.3, -0.25) is 19.6 Å². The molecule has 2 aliphatic heterocycles. The van der Waals surface area contributed by atoms with E-state index in [1.165, 1.54) is 6.07 Å². The number of nitrogens with one attached hydrogen (secondary N) is 2. The van der Waals surface area contributed by atoms with E-state index in [2.05, 4.69) is 37.2 Å². The molecule has 6 heterocycles. The minimum Gasteiger partial charge on any atom is -0.403 e.